The largest absolute Gasteiger partial charge is 0.332 e. The van der Waals surface area contributed by atoms with Gasteiger partial charge in [0.05, 0.1) is 10.2 Å². The Kier molecular flexibility index (Phi) is 2.89. The molecular weight excluding hydrogens is 271 g/mol. The Labute approximate surface area is 112 Å². The number of thiazole rings is 1. The van der Waals surface area contributed by atoms with E-state index < -0.39 is 0 Å². The quantitative estimate of drug-likeness (QED) is 0.726. The maximum Gasteiger partial charge on any atom is 0.188 e. The van der Waals surface area contributed by atoms with Crippen molar-refractivity contribution in [3.63, 3.8) is 0 Å². The molecule has 1 heterocycles. The number of halogens is 2. The number of anilines is 2. The van der Waals surface area contributed by atoms with Crippen LogP contribution in [0.4, 0.5) is 15.2 Å². The van der Waals surface area contributed by atoms with Crippen LogP contribution in [0.5, 0.6) is 0 Å². The minimum Gasteiger partial charge on any atom is -0.332 e. The molecule has 3 rings (SSSR count). The lowest BCUT2D eigenvalue weighted by Crippen LogP contribution is -1.87. The van der Waals surface area contributed by atoms with Crippen molar-refractivity contribution in [1.29, 1.82) is 0 Å². The van der Waals surface area contributed by atoms with Gasteiger partial charge in [0.2, 0.25) is 0 Å². The van der Waals surface area contributed by atoms with Crippen molar-refractivity contribution in [2.75, 3.05) is 5.32 Å². The molecule has 0 fully saturated rings. The summed E-state index contributed by atoms with van der Waals surface area (Å²) in [4.78, 5) is 4.33. The van der Waals surface area contributed by atoms with E-state index in [1.165, 1.54) is 23.5 Å². The van der Waals surface area contributed by atoms with Crippen molar-refractivity contribution in [2.45, 2.75) is 0 Å². The number of benzene rings is 2. The van der Waals surface area contributed by atoms with Crippen molar-refractivity contribution in [2.24, 2.45) is 0 Å². The first-order valence-electron chi connectivity index (χ1n) is 5.29. The number of hydrogen-bond donors (Lipinski definition) is 1. The van der Waals surface area contributed by atoms with Crippen LogP contribution in [0.1, 0.15) is 0 Å². The zero-order valence-electron chi connectivity index (χ0n) is 9.15. The summed E-state index contributed by atoms with van der Waals surface area (Å²) in [6.07, 6.45) is 0. The standard InChI is InChI=1S/C13H8ClFN2S/c14-8-1-4-10(5-2-8)16-13-17-11-7-9(15)3-6-12(11)18-13/h1-7H,(H,16,17). The van der Waals surface area contributed by atoms with Gasteiger partial charge in [-0.05, 0) is 36.4 Å². The third kappa shape index (κ3) is 2.30. The lowest BCUT2D eigenvalue weighted by molar-refractivity contribution is 0.629. The van der Waals surface area contributed by atoms with Crippen molar-refractivity contribution < 1.29 is 4.39 Å². The molecule has 0 aliphatic rings. The molecule has 0 aliphatic carbocycles. The lowest BCUT2D eigenvalue weighted by Gasteiger charge is -2.01. The smallest absolute Gasteiger partial charge is 0.188 e. The van der Waals surface area contributed by atoms with E-state index in [1.54, 1.807) is 18.2 Å². The summed E-state index contributed by atoms with van der Waals surface area (Å²) in [7, 11) is 0. The van der Waals surface area contributed by atoms with Gasteiger partial charge in [0.15, 0.2) is 5.13 Å². The number of rotatable bonds is 2. The molecule has 0 amide bonds. The molecular formula is C13H8ClFN2S. The molecule has 0 radical (unpaired) electrons. The first-order valence-corrected chi connectivity index (χ1v) is 6.49. The van der Waals surface area contributed by atoms with Crippen molar-refractivity contribution in [1.82, 2.24) is 4.98 Å². The van der Waals surface area contributed by atoms with E-state index in [9.17, 15) is 4.39 Å². The van der Waals surface area contributed by atoms with Crippen LogP contribution in [0.15, 0.2) is 42.5 Å². The molecule has 18 heavy (non-hydrogen) atoms. The molecule has 0 unspecified atom stereocenters. The van der Waals surface area contributed by atoms with Crippen LogP contribution >= 0.6 is 22.9 Å². The van der Waals surface area contributed by atoms with E-state index in [0.717, 1.165) is 15.5 Å². The molecule has 0 bridgehead atoms. The van der Waals surface area contributed by atoms with Gasteiger partial charge in [-0.15, -0.1) is 0 Å². The Morgan fingerprint density at radius 3 is 2.67 bits per heavy atom. The van der Waals surface area contributed by atoms with Crippen LogP contribution < -0.4 is 5.32 Å². The minimum absolute atomic E-state index is 0.272. The summed E-state index contributed by atoms with van der Waals surface area (Å²) in [5, 5.41) is 4.59. The Morgan fingerprint density at radius 2 is 1.89 bits per heavy atom. The van der Waals surface area contributed by atoms with Crippen LogP contribution in [-0.4, -0.2) is 4.98 Å². The van der Waals surface area contributed by atoms with Gasteiger partial charge < -0.3 is 5.32 Å². The highest BCUT2D eigenvalue weighted by Crippen LogP contribution is 2.28. The van der Waals surface area contributed by atoms with Crippen LogP contribution in [0.2, 0.25) is 5.02 Å². The summed E-state index contributed by atoms with van der Waals surface area (Å²) in [6, 6.07) is 11.9. The van der Waals surface area contributed by atoms with Gasteiger partial charge in [-0.25, -0.2) is 9.37 Å². The lowest BCUT2D eigenvalue weighted by atomic mass is 10.3. The molecule has 0 spiro atoms. The highest BCUT2D eigenvalue weighted by Gasteiger charge is 2.04. The summed E-state index contributed by atoms with van der Waals surface area (Å²) in [5.74, 6) is -0.272. The van der Waals surface area contributed by atoms with Crippen LogP contribution in [0, 0.1) is 5.82 Å². The maximum absolute atomic E-state index is 13.0. The normalized spacial score (nSPS) is 10.8. The van der Waals surface area contributed by atoms with E-state index in [-0.39, 0.29) is 5.82 Å². The molecule has 90 valence electrons. The SMILES string of the molecule is Fc1ccc2sc(Nc3ccc(Cl)cc3)nc2c1. The fraction of sp³-hybridized carbons (Fsp3) is 0. The molecule has 1 N–H and O–H groups in total. The number of hydrogen-bond acceptors (Lipinski definition) is 3. The number of fused-ring (bicyclic) bond motifs is 1. The van der Waals surface area contributed by atoms with Crippen LogP contribution in [-0.2, 0) is 0 Å². The fourth-order valence-electron chi connectivity index (χ4n) is 1.61. The van der Waals surface area contributed by atoms with E-state index in [0.29, 0.717) is 10.5 Å². The molecule has 0 saturated heterocycles. The van der Waals surface area contributed by atoms with Crippen LogP contribution in [0.3, 0.4) is 0 Å². The molecule has 0 atom stereocenters. The molecule has 1 aromatic heterocycles. The molecule has 0 saturated carbocycles. The third-order valence-corrected chi connectivity index (χ3v) is 3.65. The zero-order chi connectivity index (χ0) is 12.5. The van der Waals surface area contributed by atoms with Gasteiger partial charge in [-0.3, -0.25) is 0 Å². The monoisotopic (exact) mass is 278 g/mol. The number of nitrogens with zero attached hydrogens (tertiary/aromatic N) is 1. The van der Waals surface area contributed by atoms with E-state index in [4.69, 9.17) is 11.6 Å². The van der Waals surface area contributed by atoms with E-state index in [1.807, 2.05) is 12.1 Å². The minimum atomic E-state index is -0.272. The van der Waals surface area contributed by atoms with Crippen molar-refractivity contribution >= 4 is 44.0 Å². The van der Waals surface area contributed by atoms with Gasteiger partial charge in [0.25, 0.3) is 0 Å². The Balaban J connectivity index is 1.92. The first kappa shape index (κ1) is 11.4. The Hall–Kier alpha value is -1.65. The predicted molar refractivity (Wildman–Crippen MR) is 74.3 cm³/mol. The molecule has 0 aliphatic heterocycles. The van der Waals surface area contributed by atoms with Gasteiger partial charge in [-0.1, -0.05) is 22.9 Å². The zero-order valence-corrected chi connectivity index (χ0v) is 10.7. The van der Waals surface area contributed by atoms with Gasteiger partial charge in [-0.2, -0.15) is 0 Å². The average Bonchev–Trinajstić information content (AvgIpc) is 2.73. The molecule has 2 aromatic carbocycles. The van der Waals surface area contributed by atoms with E-state index >= 15 is 0 Å². The maximum atomic E-state index is 13.0. The Bertz CT molecular complexity index is 694. The summed E-state index contributed by atoms with van der Waals surface area (Å²) in [6.45, 7) is 0. The van der Waals surface area contributed by atoms with Gasteiger partial charge in [0, 0.05) is 16.8 Å². The van der Waals surface area contributed by atoms with Crippen molar-refractivity contribution in [3.05, 3.63) is 53.3 Å². The van der Waals surface area contributed by atoms with E-state index in [2.05, 4.69) is 10.3 Å². The Morgan fingerprint density at radius 1 is 1.11 bits per heavy atom. The second-order valence-electron chi connectivity index (χ2n) is 3.76. The highest BCUT2D eigenvalue weighted by atomic mass is 35.5. The molecule has 3 aromatic rings. The van der Waals surface area contributed by atoms with Crippen molar-refractivity contribution in [3.8, 4) is 0 Å². The third-order valence-electron chi connectivity index (χ3n) is 2.45. The molecule has 5 heteroatoms. The second-order valence-corrected chi connectivity index (χ2v) is 5.23. The summed E-state index contributed by atoms with van der Waals surface area (Å²) < 4.78 is 14.0. The topological polar surface area (TPSA) is 24.9 Å². The first-order chi connectivity index (χ1) is 8.70. The van der Waals surface area contributed by atoms with Gasteiger partial charge in [0.1, 0.15) is 5.82 Å². The highest BCUT2D eigenvalue weighted by molar-refractivity contribution is 7.22. The van der Waals surface area contributed by atoms with Crippen LogP contribution in [0.25, 0.3) is 10.2 Å². The number of aromatic nitrogens is 1. The second kappa shape index (κ2) is 4.55. The summed E-state index contributed by atoms with van der Waals surface area (Å²) in [5.41, 5.74) is 1.57. The van der Waals surface area contributed by atoms with Gasteiger partial charge >= 0.3 is 0 Å². The predicted octanol–water partition coefficient (Wildman–Crippen LogP) is 4.83. The fourth-order valence-corrected chi connectivity index (χ4v) is 2.60. The number of nitrogens with one attached hydrogen (secondary N) is 1. The average molecular weight is 279 g/mol. The summed E-state index contributed by atoms with van der Waals surface area (Å²) >= 11 is 7.30. The molecule has 2 nitrogen and oxygen atoms in total.